The third-order valence-electron chi connectivity index (χ3n) is 8.83. The number of halogens is 2. The molecule has 4 aromatic carbocycles. The maximum absolute atomic E-state index is 13.9. The van der Waals surface area contributed by atoms with Gasteiger partial charge in [-0.15, -0.1) is 0 Å². The molecule has 234 valence electrons. The van der Waals surface area contributed by atoms with Crippen molar-refractivity contribution in [3.05, 3.63) is 105 Å². The molecule has 6 nitrogen and oxygen atoms in total. The number of hydrogen-bond donors (Lipinski definition) is 0. The lowest BCUT2D eigenvalue weighted by Crippen LogP contribution is -2.36. The Morgan fingerprint density at radius 3 is 2.51 bits per heavy atom. The molecule has 5 rings (SSSR count). The zero-order valence-corrected chi connectivity index (χ0v) is 28.1. The summed E-state index contributed by atoms with van der Waals surface area (Å²) in [5, 5.41) is 12.2. The van der Waals surface area contributed by atoms with Gasteiger partial charge >= 0.3 is 0 Å². The van der Waals surface area contributed by atoms with E-state index in [1.165, 1.54) is 5.56 Å². The molecule has 2 atom stereocenters. The molecule has 0 unspecified atom stereocenters. The predicted molar refractivity (Wildman–Crippen MR) is 183 cm³/mol. The van der Waals surface area contributed by atoms with Gasteiger partial charge in [0.25, 0.3) is 5.91 Å². The average molecular weight is 663 g/mol. The smallest absolute Gasteiger partial charge is 0.254 e. The topological polar surface area (TPSA) is 73.6 Å². The van der Waals surface area contributed by atoms with Crippen molar-refractivity contribution in [2.75, 3.05) is 46.6 Å². The minimum absolute atomic E-state index is 0.0141. The summed E-state index contributed by atoms with van der Waals surface area (Å²) in [5.41, 5.74) is 3.14. The van der Waals surface area contributed by atoms with Gasteiger partial charge in [-0.25, -0.2) is 0 Å². The highest BCUT2D eigenvalue weighted by Gasteiger charge is 2.26. The Labute approximate surface area is 277 Å². The average Bonchev–Trinajstić information content (AvgIpc) is 3.06. The first-order valence-electron chi connectivity index (χ1n) is 15.1. The van der Waals surface area contributed by atoms with Crippen LogP contribution in [-0.2, 0) is 10.8 Å². The number of likely N-dealkylation sites (tertiary alicyclic amines) is 1. The Morgan fingerprint density at radius 1 is 1.07 bits per heavy atom. The number of piperidine rings is 1. The van der Waals surface area contributed by atoms with Gasteiger partial charge in [0.15, 0.2) is 0 Å². The second-order valence-corrected chi connectivity index (χ2v) is 13.8. The van der Waals surface area contributed by atoms with Crippen molar-refractivity contribution in [3.8, 4) is 11.8 Å². The van der Waals surface area contributed by atoms with Crippen molar-refractivity contribution in [1.82, 2.24) is 9.80 Å². The second kappa shape index (κ2) is 14.8. The number of carbonyl (C=O) groups is 1. The lowest BCUT2D eigenvalue weighted by molar-refractivity contribution is 0.0783. The standard InChI is InChI=1S/C36H37Cl2N3O3S/c1-40(36(42)32-19-24(22-39)18-28-20-29(44-2)9-10-30(28)32)23-27(26-8-11-33(37)34(38)21-26)14-17-41-15-12-25(13-16-41)31-6-4-5-7-35(31)45(3)43/h4-11,18-21,25,27H,12-17,23H2,1-3H3/t27-,45+/m1/s1. The third-order valence-corrected chi connectivity index (χ3v) is 10.6. The number of carbonyl (C=O) groups excluding carboxylic acids is 1. The fourth-order valence-corrected chi connectivity index (χ4v) is 7.49. The summed E-state index contributed by atoms with van der Waals surface area (Å²) < 4.78 is 17.7. The molecule has 0 bridgehead atoms. The lowest BCUT2D eigenvalue weighted by Gasteiger charge is -2.34. The molecule has 0 saturated carbocycles. The van der Waals surface area contributed by atoms with E-state index in [-0.39, 0.29) is 11.8 Å². The van der Waals surface area contributed by atoms with Crippen LogP contribution in [0, 0.1) is 11.3 Å². The highest BCUT2D eigenvalue weighted by molar-refractivity contribution is 7.84. The number of methoxy groups -OCH3 is 1. The number of fused-ring (bicyclic) bond motifs is 1. The minimum atomic E-state index is -1.01. The number of nitrogens with zero attached hydrogens (tertiary/aromatic N) is 3. The van der Waals surface area contributed by atoms with Gasteiger partial charge in [0.05, 0.1) is 39.6 Å². The van der Waals surface area contributed by atoms with Crippen LogP contribution in [0.2, 0.25) is 10.0 Å². The molecule has 0 radical (unpaired) electrons. The Kier molecular flexibility index (Phi) is 10.8. The van der Waals surface area contributed by atoms with Gasteiger partial charge in [-0.1, -0.05) is 47.5 Å². The van der Waals surface area contributed by atoms with Gasteiger partial charge in [-0.05, 0) is 115 Å². The Bertz CT molecular complexity index is 1760. The first kappa shape index (κ1) is 33.0. The van der Waals surface area contributed by atoms with Gasteiger partial charge in [0, 0.05) is 36.2 Å². The van der Waals surface area contributed by atoms with Crippen molar-refractivity contribution >= 4 is 50.7 Å². The number of hydrogen-bond acceptors (Lipinski definition) is 5. The SMILES string of the molecule is COc1ccc2c(C(=O)N(C)C[C@@H](CCN3CCC(c4ccccc4[S@](C)=O)CC3)c3ccc(Cl)c(Cl)c3)cc(C#N)cc2c1. The molecule has 1 amide bonds. The number of amides is 1. The van der Waals surface area contributed by atoms with Crippen LogP contribution in [0.25, 0.3) is 10.8 Å². The van der Waals surface area contributed by atoms with Crippen LogP contribution < -0.4 is 4.74 Å². The molecular formula is C36H37Cl2N3O3S. The Balaban J connectivity index is 1.32. The zero-order valence-electron chi connectivity index (χ0n) is 25.8. The first-order valence-corrected chi connectivity index (χ1v) is 17.4. The maximum atomic E-state index is 13.9. The quantitative estimate of drug-likeness (QED) is 0.173. The molecule has 1 aliphatic heterocycles. The van der Waals surface area contributed by atoms with Crippen LogP contribution in [0.15, 0.2) is 77.7 Å². The summed E-state index contributed by atoms with van der Waals surface area (Å²) in [7, 11) is 2.39. The van der Waals surface area contributed by atoms with Crippen LogP contribution in [0.5, 0.6) is 5.75 Å². The number of benzene rings is 4. The van der Waals surface area contributed by atoms with Gasteiger partial charge in [0.1, 0.15) is 5.75 Å². The van der Waals surface area contributed by atoms with E-state index in [1.54, 1.807) is 30.4 Å². The highest BCUT2D eigenvalue weighted by Crippen LogP contribution is 2.34. The number of rotatable bonds is 10. The molecule has 9 heteroatoms. The number of nitriles is 1. The third kappa shape index (κ3) is 7.70. The van der Waals surface area contributed by atoms with E-state index in [0.717, 1.165) is 60.1 Å². The summed E-state index contributed by atoms with van der Waals surface area (Å²) in [6, 6.07) is 25.0. The van der Waals surface area contributed by atoms with Gasteiger partial charge in [-0.3, -0.25) is 9.00 Å². The van der Waals surface area contributed by atoms with Crippen LogP contribution in [0.3, 0.4) is 0 Å². The van der Waals surface area contributed by atoms with E-state index < -0.39 is 10.8 Å². The molecule has 1 heterocycles. The lowest BCUT2D eigenvalue weighted by atomic mass is 9.88. The summed E-state index contributed by atoms with van der Waals surface area (Å²) in [6.45, 7) is 3.24. The van der Waals surface area contributed by atoms with Crippen molar-refractivity contribution in [2.24, 2.45) is 0 Å². The largest absolute Gasteiger partial charge is 0.497 e. The normalized spacial score (nSPS) is 15.4. The summed E-state index contributed by atoms with van der Waals surface area (Å²) >= 11 is 12.7. The van der Waals surface area contributed by atoms with Crippen molar-refractivity contribution < 1.29 is 13.7 Å². The number of likely N-dealkylation sites (N-methyl/N-ethyl adjacent to an activating group) is 1. The molecule has 45 heavy (non-hydrogen) atoms. The second-order valence-electron chi connectivity index (χ2n) is 11.7. The van der Waals surface area contributed by atoms with Crippen molar-refractivity contribution in [3.63, 3.8) is 0 Å². The van der Waals surface area contributed by atoms with Gasteiger partial charge < -0.3 is 14.5 Å². The summed E-state index contributed by atoms with van der Waals surface area (Å²) in [4.78, 5) is 19.1. The van der Waals surface area contributed by atoms with Crippen LogP contribution in [0.1, 0.15) is 58.1 Å². The zero-order chi connectivity index (χ0) is 32.1. The molecule has 1 fully saturated rings. The number of ether oxygens (including phenoxy) is 1. The fourth-order valence-electron chi connectivity index (χ4n) is 6.35. The first-order chi connectivity index (χ1) is 21.7. The van der Waals surface area contributed by atoms with Crippen molar-refractivity contribution in [1.29, 1.82) is 5.26 Å². The van der Waals surface area contributed by atoms with E-state index in [2.05, 4.69) is 17.0 Å². The van der Waals surface area contributed by atoms with E-state index in [0.29, 0.717) is 39.4 Å². The molecule has 1 saturated heterocycles. The fraction of sp³-hybridized carbons (Fsp3) is 0.333. The predicted octanol–water partition coefficient (Wildman–Crippen LogP) is 7.89. The molecular weight excluding hydrogens is 625 g/mol. The molecule has 0 aromatic heterocycles. The van der Waals surface area contributed by atoms with Crippen LogP contribution in [-0.4, -0.2) is 66.5 Å². The minimum Gasteiger partial charge on any atom is -0.497 e. The van der Waals surface area contributed by atoms with E-state index >= 15 is 0 Å². The van der Waals surface area contributed by atoms with Gasteiger partial charge in [0.2, 0.25) is 0 Å². The molecule has 0 aliphatic carbocycles. The Morgan fingerprint density at radius 2 is 1.82 bits per heavy atom. The van der Waals surface area contributed by atoms with Crippen molar-refractivity contribution in [2.45, 2.75) is 36.0 Å². The van der Waals surface area contributed by atoms with Gasteiger partial charge in [-0.2, -0.15) is 5.26 Å². The van der Waals surface area contributed by atoms with E-state index in [1.807, 2.05) is 61.6 Å². The van der Waals surface area contributed by atoms with Crippen LogP contribution in [0.4, 0.5) is 0 Å². The van der Waals surface area contributed by atoms with E-state index in [4.69, 9.17) is 27.9 Å². The van der Waals surface area contributed by atoms with E-state index in [9.17, 15) is 14.3 Å². The molecule has 0 N–H and O–H groups in total. The highest BCUT2D eigenvalue weighted by atomic mass is 35.5. The Hall–Kier alpha value is -3.41. The monoisotopic (exact) mass is 661 g/mol. The molecule has 4 aromatic rings. The summed E-state index contributed by atoms with van der Waals surface area (Å²) in [5.74, 6) is 0.924. The maximum Gasteiger partial charge on any atom is 0.254 e. The van der Waals surface area contributed by atoms with Crippen LogP contribution >= 0.6 is 23.2 Å². The molecule has 1 aliphatic rings. The summed E-state index contributed by atoms with van der Waals surface area (Å²) in [6.07, 6.45) is 4.60. The molecule has 0 spiro atoms.